The predicted octanol–water partition coefficient (Wildman–Crippen LogP) is 2.24. The van der Waals surface area contributed by atoms with Crippen molar-refractivity contribution in [3.8, 4) is 5.75 Å². The highest BCUT2D eigenvalue weighted by Gasteiger charge is 2.48. The Morgan fingerprint density at radius 2 is 2.00 bits per heavy atom. The second-order valence-corrected chi connectivity index (χ2v) is 4.35. The molecular weight excluding hydrogens is 279 g/mol. The largest absolute Gasteiger partial charge is 0.573 e. The number of carbonyl (C=O) groups excluding carboxylic acids is 1. The Labute approximate surface area is 111 Å². The Kier molecular flexibility index (Phi) is 3.56. The Hall–Kier alpha value is -2.25. The lowest BCUT2D eigenvalue weighted by molar-refractivity contribution is -0.274. The molecule has 2 N–H and O–H groups in total. The van der Waals surface area contributed by atoms with Crippen molar-refractivity contribution in [1.82, 2.24) is 0 Å². The minimum absolute atomic E-state index is 0.118. The van der Waals surface area contributed by atoms with E-state index in [1.807, 2.05) is 0 Å². The van der Waals surface area contributed by atoms with E-state index in [0.29, 0.717) is 0 Å². The number of anilines is 1. The molecule has 1 fully saturated rings. The average Bonchev–Trinajstić information content (AvgIpc) is 3.06. The smallest absolute Gasteiger partial charge is 0.481 e. The Morgan fingerprint density at radius 3 is 2.55 bits per heavy atom. The van der Waals surface area contributed by atoms with Gasteiger partial charge in [0, 0.05) is 11.8 Å². The van der Waals surface area contributed by atoms with Crippen molar-refractivity contribution >= 4 is 17.6 Å². The van der Waals surface area contributed by atoms with Crippen molar-refractivity contribution in [1.29, 1.82) is 0 Å². The van der Waals surface area contributed by atoms with Gasteiger partial charge in [-0.25, -0.2) is 0 Å². The van der Waals surface area contributed by atoms with E-state index in [1.165, 1.54) is 12.1 Å². The van der Waals surface area contributed by atoms with Crippen LogP contribution in [0, 0.1) is 11.8 Å². The van der Waals surface area contributed by atoms with Crippen LogP contribution in [0.4, 0.5) is 18.9 Å². The number of carboxylic acids is 1. The van der Waals surface area contributed by atoms with E-state index < -0.39 is 35.8 Å². The van der Waals surface area contributed by atoms with Crippen molar-refractivity contribution in [2.45, 2.75) is 12.8 Å². The molecular formula is C12H10F3NO4. The molecule has 2 rings (SSSR count). The van der Waals surface area contributed by atoms with Crippen molar-refractivity contribution in [2.75, 3.05) is 5.32 Å². The van der Waals surface area contributed by atoms with Crippen LogP contribution in [-0.4, -0.2) is 23.3 Å². The number of nitrogens with one attached hydrogen (secondary N) is 1. The van der Waals surface area contributed by atoms with Crippen molar-refractivity contribution < 1.29 is 32.6 Å². The van der Waals surface area contributed by atoms with Gasteiger partial charge in [0.2, 0.25) is 5.91 Å². The summed E-state index contributed by atoms with van der Waals surface area (Å²) in [5.41, 5.74) is 0.118. The predicted molar refractivity (Wildman–Crippen MR) is 61.0 cm³/mol. The van der Waals surface area contributed by atoms with Gasteiger partial charge in [-0.3, -0.25) is 9.59 Å². The highest BCUT2D eigenvalue weighted by molar-refractivity contribution is 5.98. The van der Waals surface area contributed by atoms with Crippen LogP contribution in [0.1, 0.15) is 6.42 Å². The maximum atomic E-state index is 12.0. The van der Waals surface area contributed by atoms with Gasteiger partial charge in [-0.15, -0.1) is 13.2 Å². The van der Waals surface area contributed by atoms with Crippen LogP contribution in [0.15, 0.2) is 24.3 Å². The summed E-state index contributed by atoms with van der Waals surface area (Å²) in [6, 6.07) is 4.79. The van der Waals surface area contributed by atoms with Crippen LogP contribution < -0.4 is 10.1 Å². The van der Waals surface area contributed by atoms with Gasteiger partial charge in [-0.1, -0.05) is 6.07 Å². The molecule has 1 saturated carbocycles. The third-order valence-corrected chi connectivity index (χ3v) is 2.78. The number of halogens is 3. The number of benzene rings is 1. The summed E-state index contributed by atoms with van der Waals surface area (Å²) >= 11 is 0. The second kappa shape index (κ2) is 5.03. The molecule has 1 aliphatic rings. The maximum Gasteiger partial charge on any atom is 0.573 e. The van der Waals surface area contributed by atoms with Crippen LogP contribution in [0.5, 0.6) is 5.75 Å². The van der Waals surface area contributed by atoms with Crippen molar-refractivity contribution in [3.05, 3.63) is 24.3 Å². The fraction of sp³-hybridized carbons (Fsp3) is 0.333. The fourth-order valence-electron chi connectivity index (χ4n) is 1.76. The number of aliphatic carboxylic acids is 1. The molecule has 0 saturated heterocycles. The van der Waals surface area contributed by atoms with Gasteiger partial charge < -0.3 is 15.2 Å². The standard InChI is InChI=1S/C12H10F3NO4/c13-12(14,15)20-7-3-1-2-6(4-7)16-10(17)8-5-9(8)11(18)19/h1-4,8-9H,5H2,(H,16,17)(H,18,19). The molecule has 0 heterocycles. The Morgan fingerprint density at radius 1 is 1.30 bits per heavy atom. The molecule has 2 atom stereocenters. The highest BCUT2D eigenvalue weighted by atomic mass is 19.4. The first kappa shape index (κ1) is 14.2. The molecule has 1 amide bonds. The third-order valence-electron chi connectivity index (χ3n) is 2.78. The maximum absolute atomic E-state index is 12.0. The number of hydrogen-bond donors (Lipinski definition) is 2. The lowest BCUT2D eigenvalue weighted by Crippen LogP contribution is -2.18. The number of rotatable bonds is 4. The summed E-state index contributed by atoms with van der Waals surface area (Å²) < 4.78 is 39.8. The Bertz CT molecular complexity index is 544. The SMILES string of the molecule is O=C(O)C1CC1C(=O)Nc1cccc(OC(F)(F)F)c1. The summed E-state index contributed by atoms with van der Waals surface area (Å²) in [5, 5.41) is 11.1. The van der Waals surface area contributed by atoms with Crippen molar-refractivity contribution in [2.24, 2.45) is 11.8 Å². The number of amides is 1. The molecule has 0 bridgehead atoms. The van der Waals surface area contributed by atoms with Gasteiger partial charge >= 0.3 is 12.3 Å². The van der Waals surface area contributed by atoms with Gasteiger partial charge in [-0.05, 0) is 18.6 Å². The van der Waals surface area contributed by atoms with Gasteiger partial charge in [0.05, 0.1) is 11.8 Å². The van der Waals surface area contributed by atoms with Gasteiger partial charge in [-0.2, -0.15) is 0 Å². The van der Waals surface area contributed by atoms with E-state index in [1.54, 1.807) is 0 Å². The molecule has 1 aromatic carbocycles. The lowest BCUT2D eigenvalue weighted by atomic mass is 10.2. The minimum atomic E-state index is -4.81. The summed E-state index contributed by atoms with van der Waals surface area (Å²) in [7, 11) is 0. The Balaban J connectivity index is 1.98. The molecule has 8 heteroatoms. The van der Waals surface area contributed by atoms with E-state index in [2.05, 4.69) is 10.1 Å². The van der Waals surface area contributed by atoms with Crippen LogP contribution in [0.3, 0.4) is 0 Å². The van der Waals surface area contributed by atoms with Gasteiger partial charge in [0.15, 0.2) is 0 Å². The monoisotopic (exact) mass is 289 g/mol. The number of ether oxygens (including phenoxy) is 1. The van der Waals surface area contributed by atoms with E-state index in [9.17, 15) is 22.8 Å². The zero-order valence-electron chi connectivity index (χ0n) is 9.98. The third kappa shape index (κ3) is 3.62. The van der Waals surface area contributed by atoms with Gasteiger partial charge in [0.25, 0.3) is 0 Å². The molecule has 0 radical (unpaired) electrons. The van der Waals surface area contributed by atoms with Crippen LogP contribution in [-0.2, 0) is 9.59 Å². The zero-order chi connectivity index (χ0) is 14.9. The topological polar surface area (TPSA) is 75.6 Å². The molecule has 1 aromatic rings. The first-order valence-electron chi connectivity index (χ1n) is 5.66. The van der Waals surface area contributed by atoms with Crippen LogP contribution >= 0.6 is 0 Å². The quantitative estimate of drug-likeness (QED) is 0.891. The summed E-state index contributed by atoms with van der Waals surface area (Å²) in [6.45, 7) is 0. The molecule has 2 unspecified atom stereocenters. The van der Waals surface area contributed by atoms with Gasteiger partial charge in [0.1, 0.15) is 5.75 Å². The second-order valence-electron chi connectivity index (χ2n) is 4.35. The molecule has 20 heavy (non-hydrogen) atoms. The lowest BCUT2D eigenvalue weighted by Gasteiger charge is -2.10. The van der Waals surface area contributed by atoms with E-state index in [0.717, 1.165) is 12.1 Å². The van der Waals surface area contributed by atoms with E-state index >= 15 is 0 Å². The number of hydrogen-bond acceptors (Lipinski definition) is 3. The van der Waals surface area contributed by atoms with E-state index in [-0.39, 0.29) is 12.1 Å². The molecule has 0 aliphatic heterocycles. The van der Waals surface area contributed by atoms with Crippen LogP contribution in [0.2, 0.25) is 0 Å². The molecule has 1 aliphatic carbocycles. The molecule has 0 spiro atoms. The minimum Gasteiger partial charge on any atom is -0.481 e. The normalized spacial score (nSPS) is 21.1. The van der Waals surface area contributed by atoms with Crippen LogP contribution in [0.25, 0.3) is 0 Å². The highest BCUT2D eigenvalue weighted by Crippen LogP contribution is 2.39. The van der Waals surface area contributed by atoms with Crippen molar-refractivity contribution in [3.63, 3.8) is 0 Å². The summed E-state index contributed by atoms with van der Waals surface area (Å²) in [4.78, 5) is 22.3. The first-order chi connectivity index (χ1) is 9.26. The van der Waals surface area contributed by atoms with E-state index in [4.69, 9.17) is 5.11 Å². The zero-order valence-corrected chi connectivity index (χ0v) is 9.98. The first-order valence-corrected chi connectivity index (χ1v) is 5.66. The molecule has 5 nitrogen and oxygen atoms in total. The number of carboxylic acid groups (broad SMARTS) is 1. The average molecular weight is 289 g/mol. The summed E-state index contributed by atoms with van der Waals surface area (Å²) in [5.74, 6) is -3.40. The fourth-order valence-corrected chi connectivity index (χ4v) is 1.76. The number of alkyl halides is 3. The number of carbonyl (C=O) groups is 2. The molecule has 108 valence electrons. The molecule has 0 aromatic heterocycles. The summed E-state index contributed by atoms with van der Waals surface area (Å²) in [6.07, 6.45) is -4.58.